The third kappa shape index (κ3) is 6.61. The van der Waals surface area contributed by atoms with Gasteiger partial charge in [-0.25, -0.2) is 0 Å². The van der Waals surface area contributed by atoms with Crippen molar-refractivity contribution < 1.29 is 9.47 Å². The number of likely N-dealkylation sites (tertiary alicyclic amines) is 1. The quantitative estimate of drug-likeness (QED) is 0.478. The summed E-state index contributed by atoms with van der Waals surface area (Å²) in [5.41, 5.74) is 2.37. The van der Waals surface area contributed by atoms with Crippen molar-refractivity contribution in [3.63, 3.8) is 0 Å². The van der Waals surface area contributed by atoms with Crippen molar-refractivity contribution >= 4 is 5.96 Å². The van der Waals surface area contributed by atoms with Crippen molar-refractivity contribution in [3.05, 3.63) is 29.3 Å². The maximum Gasteiger partial charge on any atom is 0.191 e. The van der Waals surface area contributed by atoms with Gasteiger partial charge in [0.1, 0.15) is 5.75 Å². The number of aliphatic imine (C=N–C) groups is 1. The Morgan fingerprint density at radius 2 is 2.07 bits per heavy atom. The van der Waals surface area contributed by atoms with Crippen molar-refractivity contribution in [2.45, 2.75) is 52.6 Å². The number of rotatable bonds is 9. The fourth-order valence-electron chi connectivity index (χ4n) is 4.33. The van der Waals surface area contributed by atoms with Crippen LogP contribution in [0.1, 0.15) is 44.2 Å². The Hall–Kier alpha value is -1.79. The van der Waals surface area contributed by atoms with Crippen molar-refractivity contribution in [1.29, 1.82) is 0 Å². The van der Waals surface area contributed by atoms with Crippen LogP contribution < -0.4 is 15.4 Å². The summed E-state index contributed by atoms with van der Waals surface area (Å²) < 4.78 is 11.7. The Labute approximate surface area is 182 Å². The third-order valence-electron chi connectivity index (χ3n) is 6.25. The first-order valence-corrected chi connectivity index (χ1v) is 11.6. The molecule has 2 unspecified atom stereocenters. The summed E-state index contributed by atoms with van der Waals surface area (Å²) in [5.74, 6) is 2.92. The molecule has 30 heavy (non-hydrogen) atoms. The molecule has 0 radical (unpaired) electrons. The van der Waals surface area contributed by atoms with Crippen LogP contribution in [-0.2, 0) is 11.3 Å². The molecular formula is C24H40N4O2. The first-order chi connectivity index (χ1) is 14.6. The molecule has 2 heterocycles. The van der Waals surface area contributed by atoms with Gasteiger partial charge in [-0.3, -0.25) is 9.89 Å². The highest BCUT2D eigenvalue weighted by Gasteiger charge is 2.24. The molecule has 0 aromatic heterocycles. The van der Waals surface area contributed by atoms with Crippen LogP contribution in [0.4, 0.5) is 0 Å². The van der Waals surface area contributed by atoms with Gasteiger partial charge in [-0.2, -0.15) is 0 Å². The molecule has 2 aliphatic rings. The Kier molecular flexibility index (Phi) is 8.82. The topological polar surface area (TPSA) is 58.1 Å². The lowest BCUT2D eigenvalue weighted by Gasteiger charge is -2.31. The molecule has 2 saturated heterocycles. The van der Waals surface area contributed by atoms with Crippen LogP contribution in [-0.4, -0.2) is 63.4 Å². The number of guanidine groups is 1. The highest BCUT2D eigenvalue weighted by atomic mass is 16.5. The van der Waals surface area contributed by atoms with Gasteiger partial charge in [0.05, 0.1) is 13.2 Å². The fraction of sp³-hybridized carbons (Fsp3) is 0.708. The Bertz CT molecular complexity index is 680. The second-order valence-electron chi connectivity index (χ2n) is 9.01. The lowest BCUT2D eigenvalue weighted by Crippen LogP contribution is -2.48. The van der Waals surface area contributed by atoms with E-state index in [2.05, 4.69) is 59.5 Å². The van der Waals surface area contributed by atoms with Crippen molar-refractivity contribution in [2.24, 2.45) is 16.8 Å². The molecule has 2 atom stereocenters. The van der Waals surface area contributed by atoms with Gasteiger partial charge >= 0.3 is 0 Å². The molecule has 6 heteroatoms. The summed E-state index contributed by atoms with van der Waals surface area (Å²) in [6.07, 6.45) is 3.72. The molecule has 168 valence electrons. The summed E-state index contributed by atoms with van der Waals surface area (Å²) in [6, 6.07) is 6.96. The van der Waals surface area contributed by atoms with Gasteiger partial charge in [0.25, 0.3) is 0 Å². The molecule has 0 bridgehead atoms. The molecule has 2 aliphatic heterocycles. The first kappa shape index (κ1) is 22.9. The fourth-order valence-corrected chi connectivity index (χ4v) is 4.33. The Morgan fingerprint density at radius 3 is 2.73 bits per heavy atom. The number of benzene rings is 1. The van der Waals surface area contributed by atoms with Crippen LogP contribution in [0, 0.1) is 18.8 Å². The molecule has 2 fully saturated rings. The zero-order chi connectivity index (χ0) is 21.3. The summed E-state index contributed by atoms with van der Waals surface area (Å²) >= 11 is 0. The molecule has 6 nitrogen and oxygen atoms in total. The van der Waals surface area contributed by atoms with E-state index in [1.807, 2.05) is 7.05 Å². The maximum atomic E-state index is 6.18. The standard InChI is InChI=1S/C24H40N4O2/c1-18(2)22(28-10-5-6-11-28)15-27-24(25-4)26-14-21-8-7-19(3)13-23(21)30-17-20-9-12-29-16-20/h7-8,13,18,20,22H,5-6,9-12,14-17H2,1-4H3,(H2,25,26,27). The van der Waals surface area contributed by atoms with E-state index in [1.165, 1.54) is 31.5 Å². The number of nitrogens with zero attached hydrogens (tertiary/aromatic N) is 2. The molecule has 0 spiro atoms. The van der Waals surface area contributed by atoms with Crippen LogP contribution in [0.15, 0.2) is 23.2 Å². The molecular weight excluding hydrogens is 376 g/mol. The molecule has 1 aromatic carbocycles. The second kappa shape index (κ2) is 11.6. The van der Waals surface area contributed by atoms with Crippen LogP contribution >= 0.6 is 0 Å². The van der Waals surface area contributed by atoms with Crippen LogP contribution in [0.5, 0.6) is 5.75 Å². The SMILES string of the molecule is CN=C(NCc1ccc(C)cc1OCC1CCOC1)NCC(C(C)C)N1CCCC1. The van der Waals surface area contributed by atoms with E-state index in [9.17, 15) is 0 Å². The third-order valence-corrected chi connectivity index (χ3v) is 6.25. The average molecular weight is 417 g/mol. The molecule has 3 rings (SSSR count). The maximum absolute atomic E-state index is 6.18. The van der Waals surface area contributed by atoms with Crippen molar-refractivity contribution in [2.75, 3.05) is 46.5 Å². The van der Waals surface area contributed by atoms with Gasteiger partial charge in [-0.15, -0.1) is 0 Å². The van der Waals surface area contributed by atoms with E-state index in [0.29, 0.717) is 24.4 Å². The number of hydrogen-bond donors (Lipinski definition) is 2. The highest BCUT2D eigenvalue weighted by Crippen LogP contribution is 2.23. The van der Waals surface area contributed by atoms with E-state index in [-0.39, 0.29) is 0 Å². The zero-order valence-electron chi connectivity index (χ0n) is 19.2. The van der Waals surface area contributed by atoms with E-state index in [0.717, 1.165) is 50.1 Å². The zero-order valence-corrected chi connectivity index (χ0v) is 19.2. The van der Waals surface area contributed by atoms with E-state index in [1.54, 1.807) is 0 Å². The predicted octanol–water partition coefficient (Wildman–Crippen LogP) is 3.20. The number of nitrogens with one attached hydrogen (secondary N) is 2. The number of hydrogen-bond acceptors (Lipinski definition) is 4. The van der Waals surface area contributed by atoms with Crippen molar-refractivity contribution in [1.82, 2.24) is 15.5 Å². The van der Waals surface area contributed by atoms with Crippen LogP contribution in [0.3, 0.4) is 0 Å². The summed E-state index contributed by atoms with van der Waals surface area (Å²) in [7, 11) is 1.84. The smallest absolute Gasteiger partial charge is 0.191 e. The molecule has 2 N–H and O–H groups in total. The lowest BCUT2D eigenvalue weighted by atomic mass is 10.0. The average Bonchev–Trinajstić information content (AvgIpc) is 3.44. The lowest BCUT2D eigenvalue weighted by molar-refractivity contribution is 0.166. The summed E-state index contributed by atoms with van der Waals surface area (Å²) in [4.78, 5) is 7.05. The van der Waals surface area contributed by atoms with Gasteiger partial charge in [0.15, 0.2) is 5.96 Å². The first-order valence-electron chi connectivity index (χ1n) is 11.6. The van der Waals surface area contributed by atoms with Gasteiger partial charge in [-0.05, 0) is 56.8 Å². The normalized spacial score (nSPS) is 21.2. The van der Waals surface area contributed by atoms with Gasteiger partial charge in [-0.1, -0.05) is 26.0 Å². The van der Waals surface area contributed by atoms with Gasteiger partial charge in [0.2, 0.25) is 0 Å². The van der Waals surface area contributed by atoms with E-state index in [4.69, 9.17) is 9.47 Å². The minimum Gasteiger partial charge on any atom is -0.493 e. The molecule has 0 saturated carbocycles. The number of aryl methyl sites for hydroxylation is 1. The Morgan fingerprint density at radius 1 is 1.27 bits per heavy atom. The van der Waals surface area contributed by atoms with Crippen molar-refractivity contribution in [3.8, 4) is 5.75 Å². The summed E-state index contributed by atoms with van der Waals surface area (Å²) in [6.45, 7) is 13.1. The second-order valence-corrected chi connectivity index (χ2v) is 9.01. The summed E-state index contributed by atoms with van der Waals surface area (Å²) in [5, 5.41) is 7.02. The molecule has 0 aliphatic carbocycles. The van der Waals surface area contributed by atoms with E-state index < -0.39 is 0 Å². The minimum atomic E-state index is 0.499. The van der Waals surface area contributed by atoms with Gasteiger partial charge < -0.3 is 20.1 Å². The van der Waals surface area contributed by atoms with Crippen LogP contribution in [0.25, 0.3) is 0 Å². The molecule has 0 amide bonds. The monoisotopic (exact) mass is 416 g/mol. The van der Waals surface area contributed by atoms with Crippen LogP contribution in [0.2, 0.25) is 0 Å². The highest BCUT2D eigenvalue weighted by molar-refractivity contribution is 5.79. The number of ether oxygens (including phenoxy) is 2. The largest absolute Gasteiger partial charge is 0.493 e. The van der Waals surface area contributed by atoms with Gasteiger partial charge in [0, 0.05) is 44.3 Å². The predicted molar refractivity (Wildman–Crippen MR) is 123 cm³/mol. The minimum absolute atomic E-state index is 0.499. The molecule has 1 aromatic rings. The Balaban J connectivity index is 1.53. The van der Waals surface area contributed by atoms with E-state index >= 15 is 0 Å².